The van der Waals surface area contributed by atoms with Crippen molar-refractivity contribution in [2.75, 3.05) is 7.11 Å². The Morgan fingerprint density at radius 1 is 1.45 bits per heavy atom. The van der Waals surface area contributed by atoms with Crippen LogP contribution in [-0.2, 0) is 4.74 Å². The summed E-state index contributed by atoms with van der Waals surface area (Å²) < 4.78 is 5.17. The van der Waals surface area contributed by atoms with Gasteiger partial charge in [-0.1, -0.05) is 19.1 Å². The summed E-state index contributed by atoms with van der Waals surface area (Å²) in [6.45, 7) is 4.09. The van der Waals surface area contributed by atoms with Crippen LogP contribution in [-0.4, -0.2) is 27.7 Å². The van der Waals surface area contributed by atoms with Gasteiger partial charge in [0, 0.05) is 7.11 Å². The van der Waals surface area contributed by atoms with Gasteiger partial charge in [-0.2, -0.15) is 5.21 Å². The van der Waals surface area contributed by atoms with E-state index in [1.54, 1.807) is 7.11 Å². The lowest BCUT2D eigenvalue weighted by Gasteiger charge is -2.14. The van der Waals surface area contributed by atoms with Gasteiger partial charge < -0.3 is 4.74 Å². The average molecular weight is 156 g/mol. The van der Waals surface area contributed by atoms with E-state index in [-0.39, 0.29) is 6.10 Å². The van der Waals surface area contributed by atoms with Gasteiger partial charge in [0.2, 0.25) is 5.82 Å². The molecule has 1 N–H and O–H groups in total. The Bertz CT molecular complexity index is 196. The van der Waals surface area contributed by atoms with Crippen LogP contribution in [0.1, 0.15) is 25.8 Å². The van der Waals surface area contributed by atoms with E-state index in [4.69, 9.17) is 4.74 Å². The monoisotopic (exact) mass is 156 g/mol. The van der Waals surface area contributed by atoms with E-state index in [0.29, 0.717) is 11.7 Å². The van der Waals surface area contributed by atoms with Crippen LogP contribution < -0.4 is 0 Å². The molecule has 0 aliphatic carbocycles. The Kier molecular flexibility index (Phi) is 2.53. The fraction of sp³-hybridized carbons (Fsp3) is 0.833. The molecule has 0 saturated carbocycles. The van der Waals surface area contributed by atoms with Crippen molar-refractivity contribution in [3.05, 3.63) is 5.82 Å². The zero-order valence-electron chi connectivity index (χ0n) is 6.90. The molecule has 62 valence electrons. The Hall–Kier alpha value is -0.970. The van der Waals surface area contributed by atoms with Crippen LogP contribution in [0.2, 0.25) is 0 Å². The summed E-state index contributed by atoms with van der Waals surface area (Å²) >= 11 is 0. The SMILES string of the molecule is COC(c1nn[nH]n1)C(C)C. The Labute approximate surface area is 65.1 Å². The fourth-order valence-corrected chi connectivity index (χ4v) is 0.966. The van der Waals surface area contributed by atoms with E-state index in [1.807, 2.05) is 13.8 Å². The molecule has 1 rings (SSSR count). The first-order valence-electron chi connectivity index (χ1n) is 3.52. The van der Waals surface area contributed by atoms with E-state index in [1.165, 1.54) is 0 Å². The molecular formula is C6H12N4O. The number of methoxy groups -OCH3 is 1. The molecule has 1 aromatic rings. The van der Waals surface area contributed by atoms with Crippen molar-refractivity contribution >= 4 is 0 Å². The van der Waals surface area contributed by atoms with Gasteiger partial charge in [0.25, 0.3) is 0 Å². The highest BCUT2D eigenvalue weighted by atomic mass is 16.5. The quantitative estimate of drug-likeness (QED) is 0.693. The first-order valence-corrected chi connectivity index (χ1v) is 3.52. The molecule has 5 heteroatoms. The maximum absolute atomic E-state index is 5.17. The lowest BCUT2D eigenvalue weighted by atomic mass is 10.1. The number of ether oxygens (including phenoxy) is 1. The third-order valence-corrected chi connectivity index (χ3v) is 1.48. The predicted octanol–water partition coefficient (Wildman–Crippen LogP) is 0.543. The second-order valence-electron chi connectivity index (χ2n) is 2.67. The molecule has 0 spiro atoms. The smallest absolute Gasteiger partial charge is 0.203 e. The maximum Gasteiger partial charge on any atom is 0.203 e. The van der Waals surface area contributed by atoms with Gasteiger partial charge in [0.1, 0.15) is 6.10 Å². The van der Waals surface area contributed by atoms with Crippen molar-refractivity contribution in [3.63, 3.8) is 0 Å². The van der Waals surface area contributed by atoms with Crippen LogP contribution in [0.3, 0.4) is 0 Å². The number of rotatable bonds is 3. The fourth-order valence-electron chi connectivity index (χ4n) is 0.966. The summed E-state index contributed by atoms with van der Waals surface area (Å²) in [4.78, 5) is 0. The number of nitrogens with one attached hydrogen (secondary N) is 1. The molecule has 0 amide bonds. The summed E-state index contributed by atoms with van der Waals surface area (Å²) in [5.74, 6) is 0.972. The molecular weight excluding hydrogens is 144 g/mol. The third-order valence-electron chi connectivity index (χ3n) is 1.48. The third kappa shape index (κ3) is 1.74. The molecule has 1 atom stereocenters. The van der Waals surface area contributed by atoms with E-state index < -0.39 is 0 Å². The standard InChI is InChI=1S/C6H12N4O/c1-4(2)5(11-3)6-7-9-10-8-6/h4-5H,1-3H3,(H,7,8,9,10). The van der Waals surface area contributed by atoms with Crippen LogP contribution in [0.4, 0.5) is 0 Å². The second kappa shape index (κ2) is 3.43. The molecule has 0 saturated heterocycles. The number of nitrogens with zero attached hydrogens (tertiary/aromatic N) is 3. The molecule has 0 radical (unpaired) electrons. The van der Waals surface area contributed by atoms with Crippen LogP contribution in [0, 0.1) is 5.92 Å². The normalized spacial score (nSPS) is 13.8. The van der Waals surface area contributed by atoms with Gasteiger partial charge in [-0.05, 0) is 5.92 Å². The zero-order chi connectivity index (χ0) is 8.27. The van der Waals surface area contributed by atoms with Gasteiger partial charge in [0.15, 0.2) is 0 Å². The molecule has 0 aliphatic heterocycles. The molecule has 1 aromatic heterocycles. The average Bonchev–Trinajstić information content (AvgIpc) is 2.40. The summed E-state index contributed by atoms with van der Waals surface area (Å²) in [6, 6.07) is 0. The summed E-state index contributed by atoms with van der Waals surface area (Å²) in [5, 5.41) is 13.5. The van der Waals surface area contributed by atoms with Gasteiger partial charge in [0.05, 0.1) is 0 Å². The highest BCUT2D eigenvalue weighted by Gasteiger charge is 2.18. The minimum atomic E-state index is -0.0613. The van der Waals surface area contributed by atoms with Crippen LogP contribution >= 0.6 is 0 Å². The lowest BCUT2D eigenvalue weighted by Crippen LogP contribution is -2.10. The molecule has 11 heavy (non-hydrogen) atoms. The van der Waals surface area contributed by atoms with Gasteiger partial charge in [-0.3, -0.25) is 0 Å². The first kappa shape index (κ1) is 8.13. The number of aromatic nitrogens is 4. The highest BCUT2D eigenvalue weighted by molar-refractivity contribution is 4.85. The maximum atomic E-state index is 5.17. The summed E-state index contributed by atoms with van der Waals surface area (Å²) in [6.07, 6.45) is -0.0613. The Morgan fingerprint density at radius 2 is 2.18 bits per heavy atom. The first-order chi connectivity index (χ1) is 5.25. The van der Waals surface area contributed by atoms with Gasteiger partial charge in [-0.25, -0.2) is 0 Å². The summed E-state index contributed by atoms with van der Waals surface area (Å²) in [7, 11) is 1.64. The van der Waals surface area contributed by atoms with E-state index >= 15 is 0 Å². The van der Waals surface area contributed by atoms with Crippen molar-refractivity contribution in [2.24, 2.45) is 5.92 Å². The topological polar surface area (TPSA) is 63.7 Å². The largest absolute Gasteiger partial charge is 0.373 e. The second-order valence-corrected chi connectivity index (χ2v) is 2.67. The van der Waals surface area contributed by atoms with Crippen LogP contribution in [0.25, 0.3) is 0 Å². The minimum Gasteiger partial charge on any atom is -0.373 e. The molecule has 1 unspecified atom stereocenters. The van der Waals surface area contributed by atoms with E-state index in [9.17, 15) is 0 Å². The molecule has 5 nitrogen and oxygen atoms in total. The molecule has 0 fully saturated rings. The zero-order valence-corrected chi connectivity index (χ0v) is 6.90. The van der Waals surface area contributed by atoms with Crippen molar-refractivity contribution in [2.45, 2.75) is 20.0 Å². The predicted molar refractivity (Wildman–Crippen MR) is 38.8 cm³/mol. The number of hydrogen-bond donors (Lipinski definition) is 1. The molecule has 1 heterocycles. The van der Waals surface area contributed by atoms with Crippen molar-refractivity contribution in [3.8, 4) is 0 Å². The highest BCUT2D eigenvalue weighted by Crippen LogP contribution is 2.19. The van der Waals surface area contributed by atoms with Crippen LogP contribution in [0.15, 0.2) is 0 Å². The number of H-pyrrole nitrogens is 1. The van der Waals surface area contributed by atoms with Crippen molar-refractivity contribution in [1.82, 2.24) is 20.6 Å². The minimum absolute atomic E-state index is 0.0613. The van der Waals surface area contributed by atoms with Crippen molar-refractivity contribution < 1.29 is 4.74 Å². The molecule has 0 aromatic carbocycles. The van der Waals surface area contributed by atoms with Gasteiger partial charge >= 0.3 is 0 Å². The Balaban J connectivity index is 2.71. The van der Waals surface area contributed by atoms with Gasteiger partial charge in [-0.15, -0.1) is 10.2 Å². The number of aromatic amines is 1. The molecule has 0 aliphatic rings. The van der Waals surface area contributed by atoms with E-state index in [0.717, 1.165) is 0 Å². The number of hydrogen-bond acceptors (Lipinski definition) is 4. The van der Waals surface area contributed by atoms with E-state index in [2.05, 4.69) is 20.6 Å². The number of tetrazole rings is 1. The van der Waals surface area contributed by atoms with Crippen molar-refractivity contribution in [1.29, 1.82) is 0 Å². The Morgan fingerprint density at radius 3 is 2.55 bits per heavy atom. The molecule has 0 bridgehead atoms. The summed E-state index contributed by atoms with van der Waals surface area (Å²) in [5.41, 5.74) is 0. The lowest BCUT2D eigenvalue weighted by molar-refractivity contribution is 0.0575. The van der Waals surface area contributed by atoms with Crippen LogP contribution in [0.5, 0.6) is 0 Å².